The summed E-state index contributed by atoms with van der Waals surface area (Å²) in [5, 5.41) is 2.94. The molecular weight excluding hydrogens is 376 g/mol. The van der Waals surface area contributed by atoms with Crippen molar-refractivity contribution in [2.24, 2.45) is 0 Å². The van der Waals surface area contributed by atoms with E-state index in [1.165, 1.54) is 10.5 Å². The lowest BCUT2D eigenvalue weighted by Gasteiger charge is -2.14. The number of amides is 3. The minimum Gasteiger partial charge on any atom is -0.352 e. The molecule has 4 rings (SSSR count). The lowest BCUT2D eigenvalue weighted by atomic mass is 10.1. The number of rotatable bonds is 7. The fraction of sp³-hybridized carbons (Fsp3) is 0.160. The summed E-state index contributed by atoms with van der Waals surface area (Å²) in [6, 6.07) is 24.0. The van der Waals surface area contributed by atoms with Gasteiger partial charge in [0.1, 0.15) is 0 Å². The zero-order valence-electron chi connectivity index (χ0n) is 16.5. The fourth-order valence-electron chi connectivity index (χ4n) is 3.62. The zero-order chi connectivity index (χ0) is 20.9. The largest absolute Gasteiger partial charge is 0.352 e. The summed E-state index contributed by atoms with van der Waals surface area (Å²) in [5.74, 6) is -0.759. The van der Waals surface area contributed by atoms with Crippen molar-refractivity contribution in [2.75, 3.05) is 6.54 Å². The van der Waals surface area contributed by atoms with Gasteiger partial charge in [0.05, 0.1) is 17.7 Å². The van der Waals surface area contributed by atoms with E-state index >= 15 is 0 Å². The third-order valence-corrected chi connectivity index (χ3v) is 5.18. The average molecular weight is 398 g/mol. The van der Waals surface area contributed by atoms with Crippen molar-refractivity contribution in [2.45, 2.75) is 19.4 Å². The molecule has 3 aromatic rings. The summed E-state index contributed by atoms with van der Waals surface area (Å²) in [5.41, 5.74) is 3.35. The van der Waals surface area contributed by atoms with Gasteiger partial charge in [0.15, 0.2) is 0 Å². The van der Waals surface area contributed by atoms with E-state index in [-0.39, 0.29) is 24.3 Å². The highest BCUT2D eigenvalue weighted by atomic mass is 16.2. The molecule has 30 heavy (non-hydrogen) atoms. The van der Waals surface area contributed by atoms with Gasteiger partial charge in [-0.3, -0.25) is 19.3 Å². The van der Waals surface area contributed by atoms with Gasteiger partial charge < -0.3 is 5.32 Å². The third-order valence-electron chi connectivity index (χ3n) is 5.18. The van der Waals surface area contributed by atoms with Crippen LogP contribution in [0.1, 0.15) is 48.6 Å². The second-order valence-electron chi connectivity index (χ2n) is 7.29. The molecule has 1 aliphatic heterocycles. The maximum absolute atomic E-state index is 12.5. The first-order chi connectivity index (χ1) is 14.6. The number of nitrogens with one attached hydrogen (secondary N) is 1. The van der Waals surface area contributed by atoms with Crippen LogP contribution >= 0.6 is 0 Å². The Morgan fingerprint density at radius 1 is 0.767 bits per heavy atom. The van der Waals surface area contributed by atoms with Crippen LogP contribution in [-0.2, 0) is 13.0 Å². The van der Waals surface area contributed by atoms with Gasteiger partial charge in [0.2, 0.25) is 0 Å². The minimum atomic E-state index is -0.300. The number of aryl methyl sites for hydroxylation is 1. The van der Waals surface area contributed by atoms with Crippen molar-refractivity contribution in [3.8, 4) is 0 Å². The highest BCUT2D eigenvalue weighted by molar-refractivity contribution is 6.21. The van der Waals surface area contributed by atoms with Crippen LogP contribution in [-0.4, -0.2) is 29.2 Å². The number of benzene rings is 3. The van der Waals surface area contributed by atoms with Gasteiger partial charge in [-0.2, -0.15) is 0 Å². The second-order valence-corrected chi connectivity index (χ2v) is 7.29. The van der Waals surface area contributed by atoms with E-state index in [0.717, 1.165) is 18.4 Å². The highest BCUT2D eigenvalue weighted by Gasteiger charge is 2.34. The number of imide groups is 1. The van der Waals surface area contributed by atoms with E-state index in [9.17, 15) is 14.4 Å². The Morgan fingerprint density at radius 2 is 1.40 bits per heavy atom. The van der Waals surface area contributed by atoms with Crippen molar-refractivity contribution in [3.63, 3.8) is 0 Å². The van der Waals surface area contributed by atoms with Crippen LogP contribution in [0.3, 0.4) is 0 Å². The molecule has 0 radical (unpaired) electrons. The molecule has 0 bridgehead atoms. The van der Waals surface area contributed by atoms with E-state index in [1.54, 1.807) is 42.5 Å². The van der Waals surface area contributed by atoms with Crippen LogP contribution in [0.4, 0.5) is 0 Å². The van der Waals surface area contributed by atoms with Gasteiger partial charge in [-0.25, -0.2) is 0 Å². The molecule has 0 unspecified atom stereocenters. The normalized spacial score (nSPS) is 12.7. The van der Waals surface area contributed by atoms with Crippen LogP contribution < -0.4 is 5.32 Å². The standard InChI is InChI=1S/C25H22N2O3/c28-23(26-15-7-11-18-8-2-1-3-9-18)20-12-6-10-19(16-20)17-27-24(29)21-13-4-5-14-22(21)25(27)30/h1-6,8-10,12-14,16H,7,11,15,17H2,(H,26,28). The molecule has 1 aliphatic rings. The third kappa shape index (κ3) is 4.15. The molecule has 150 valence electrons. The Morgan fingerprint density at radius 3 is 2.10 bits per heavy atom. The summed E-state index contributed by atoms with van der Waals surface area (Å²) in [6.07, 6.45) is 1.76. The maximum Gasteiger partial charge on any atom is 0.261 e. The maximum atomic E-state index is 12.5. The number of nitrogens with zero attached hydrogens (tertiary/aromatic N) is 1. The van der Waals surface area contributed by atoms with E-state index in [2.05, 4.69) is 17.4 Å². The number of hydrogen-bond acceptors (Lipinski definition) is 3. The predicted octanol–water partition coefficient (Wildman–Crippen LogP) is 3.85. The van der Waals surface area contributed by atoms with Gasteiger partial charge in [-0.1, -0.05) is 54.6 Å². The number of carbonyl (C=O) groups excluding carboxylic acids is 3. The Kier molecular flexibility index (Phi) is 5.70. The van der Waals surface area contributed by atoms with Crippen LogP contribution in [0.5, 0.6) is 0 Å². The molecule has 3 aromatic carbocycles. The molecule has 0 aliphatic carbocycles. The SMILES string of the molecule is O=C(NCCCc1ccccc1)c1cccc(CN2C(=O)c3ccccc3C2=O)c1. The summed E-state index contributed by atoms with van der Waals surface area (Å²) in [7, 11) is 0. The molecule has 1 heterocycles. The fourth-order valence-corrected chi connectivity index (χ4v) is 3.62. The first-order valence-electron chi connectivity index (χ1n) is 10.00. The predicted molar refractivity (Wildman–Crippen MR) is 114 cm³/mol. The van der Waals surface area contributed by atoms with Crippen molar-refractivity contribution in [1.82, 2.24) is 10.2 Å². The van der Waals surface area contributed by atoms with Crippen LogP contribution in [0, 0.1) is 0 Å². The van der Waals surface area contributed by atoms with E-state index in [4.69, 9.17) is 0 Å². The van der Waals surface area contributed by atoms with Gasteiger partial charge in [0.25, 0.3) is 17.7 Å². The van der Waals surface area contributed by atoms with Crippen molar-refractivity contribution < 1.29 is 14.4 Å². The van der Waals surface area contributed by atoms with Crippen LogP contribution in [0.2, 0.25) is 0 Å². The highest BCUT2D eigenvalue weighted by Crippen LogP contribution is 2.24. The number of hydrogen-bond donors (Lipinski definition) is 1. The first-order valence-corrected chi connectivity index (χ1v) is 10.00. The molecule has 0 spiro atoms. The lowest BCUT2D eigenvalue weighted by Crippen LogP contribution is -2.29. The summed E-state index contributed by atoms with van der Waals surface area (Å²) < 4.78 is 0. The lowest BCUT2D eigenvalue weighted by molar-refractivity contribution is 0.0642. The molecule has 0 fully saturated rings. The molecule has 0 saturated heterocycles. The topological polar surface area (TPSA) is 66.5 Å². The van der Waals surface area contributed by atoms with Crippen molar-refractivity contribution in [1.29, 1.82) is 0 Å². The molecule has 5 heteroatoms. The zero-order valence-corrected chi connectivity index (χ0v) is 16.5. The Bertz CT molecular complexity index is 1060. The average Bonchev–Trinajstić information content (AvgIpc) is 3.02. The second kappa shape index (κ2) is 8.74. The molecule has 1 N–H and O–H groups in total. The summed E-state index contributed by atoms with van der Waals surface area (Å²) in [4.78, 5) is 38.8. The van der Waals surface area contributed by atoms with E-state index in [0.29, 0.717) is 23.2 Å². The number of carbonyl (C=O) groups is 3. The van der Waals surface area contributed by atoms with Crippen molar-refractivity contribution >= 4 is 17.7 Å². The molecule has 5 nitrogen and oxygen atoms in total. The molecule has 3 amide bonds. The Labute approximate surface area is 175 Å². The van der Waals surface area contributed by atoms with Gasteiger partial charge in [-0.15, -0.1) is 0 Å². The molecule has 0 saturated carbocycles. The van der Waals surface area contributed by atoms with Gasteiger partial charge in [-0.05, 0) is 48.2 Å². The minimum absolute atomic E-state index is 0.140. The number of fused-ring (bicyclic) bond motifs is 1. The van der Waals surface area contributed by atoms with Gasteiger partial charge in [0, 0.05) is 12.1 Å². The Balaban J connectivity index is 1.35. The van der Waals surface area contributed by atoms with Crippen LogP contribution in [0.15, 0.2) is 78.9 Å². The molecule has 0 aromatic heterocycles. The molecular formula is C25H22N2O3. The summed E-state index contributed by atoms with van der Waals surface area (Å²) >= 11 is 0. The quantitative estimate of drug-likeness (QED) is 0.486. The first kappa shape index (κ1) is 19.6. The monoisotopic (exact) mass is 398 g/mol. The Hall–Kier alpha value is -3.73. The summed E-state index contributed by atoms with van der Waals surface area (Å²) in [6.45, 7) is 0.720. The van der Waals surface area contributed by atoms with E-state index < -0.39 is 0 Å². The van der Waals surface area contributed by atoms with Crippen molar-refractivity contribution in [3.05, 3.63) is 107 Å². The molecule has 0 atom stereocenters. The van der Waals surface area contributed by atoms with Gasteiger partial charge >= 0.3 is 0 Å². The van der Waals surface area contributed by atoms with E-state index in [1.807, 2.05) is 24.3 Å². The van der Waals surface area contributed by atoms with Crippen LogP contribution in [0.25, 0.3) is 0 Å². The smallest absolute Gasteiger partial charge is 0.261 e.